The van der Waals surface area contributed by atoms with Crippen LogP contribution in [0.1, 0.15) is 12.8 Å². The van der Waals surface area contributed by atoms with Gasteiger partial charge in [-0.25, -0.2) is 0 Å². The van der Waals surface area contributed by atoms with Crippen molar-refractivity contribution in [3.05, 3.63) is 18.3 Å². The molecule has 2 saturated heterocycles. The number of nitrogens with one attached hydrogen (secondary N) is 2. The summed E-state index contributed by atoms with van der Waals surface area (Å²) in [6, 6.07) is 4.13. The number of anilines is 1. The highest BCUT2D eigenvalue weighted by molar-refractivity contribution is 5.81. The largest absolute Gasteiger partial charge is 0.366 e. The summed E-state index contributed by atoms with van der Waals surface area (Å²) in [7, 11) is 0. The lowest BCUT2D eigenvalue weighted by Gasteiger charge is -2.27. The standard InChI is InChI=1S/C14H21N5O2/c20-14(12-10-15-6-8-21-12)16-9-11-3-2-7-19(11)13-4-1-5-17-18-13/h1,4-5,11-12,15H,2-3,6-10H2,(H,16,20). The molecule has 2 fully saturated rings. The van der Waals surface area contributed by atoms with Crippen molar-refractivity contribution in [1.82, 2.24) is 20.8 Å². The van der Waals surface area contributed by atoms with Gasteiger partial charge in [-0.1, -0.05) is 0 Å². The number of hydrogen-bond acceptors (Lipinski definition) is 6. The predicted octanol–water partition coefficient (Wildman–Crippen LogP) is -0.450. The van der Waals surface area contributed by atoms with Crippen molar-refractivity contribution in [3.8, 4) is 0 Å². The van der Waals surface area contributed by atoms with E-state index >= 15 is 0 Å². The molecule has 2 N–H and O–H groups in total. The number of carbonyl (C=O) groups excluding carboxylic acids is 1. The van der Waals surface area contributed by atoms with E-state index in [4.69, 9.17) is 4.74 Å². The molecule has 3 heterocycles. The summed E-state index contributed by atoms with van der Waals surface area (Å²) < 4.78 is 5.46. The SMILES string of the molecule is O=C(NCC1CCCN1c1cccnn1)C1CNCCO1. The molecule has 7 nitrogen and oxygen atoms in total. The van der Waals surface area contributed by atoms with E-state index < -0.39 is 0 Å². The van der Waals surface area contributed by atoms with Crippen LogP contribution in [0.3, 0.4) is 0 Å². The minimum absolute atomic E-state index is 0.0341. The molecule has 2 atom stereocenters. The van der Waals surface area contributed by atoms with Crippen molar-refractivity contribution < 1.29 is 9.53 Å². The summed E-state index contributed by atoms with van der Waals surface area (Å²) >= 11 is 0. The van der Waals surface area contributed by atoms with E-state index in [1.807, 2.05) is 12.1 Å². The van der Waals surface area contributed by atoms with Crippen LogP contribution in [0.2, 0.25) is 0 Å². The fourth-order valence-corrected chi connectivity index (χ4v) is 2.86. The lowest BCUT2D eigenvalue weighted by molar-refractivity contribution is -0.134. The Morgan fingerprint density at radius 2 is 2.52 bits per heavy atom. The first-order valence-corrected chi connectivity index (χ1v) is 7.49. The van der Waals surface area contributed by atoms with Crippen LogP contribution in [0, 0.1) is 0 Å². The van der Waals surface area contributed by atoms with Gasteiger partial charge in [-0.15, -0.1) is 5.10 Å². The molecule has 2 aliphatic rings. The molecule has 1 aromatic heterocycles. The Morgan fingerprint density at radius 3 is 3.29 bits per heavy atom. The molecule has 0 spiro atoms. The lowest BCUT2D eigenvalue weighted by Crippen LogP contribution is -2.50. The average molecular weight is 291 g/mol. The van der Waals surface area contributed by atoms with Crippen molar-refractivity contribution in [1.29, 1.82) is 0 Å². The first kappa shape index (κ1) is 14.2. The highest BCUT2D eigenvalue weighted by Crippen LogP contribution is 2.22. The van der Waals surface area contributed by atoms with Crippen molar-refractivity contribution in [2.45, 2.75) is 25.0 Å². The van der Waals surface area contributed by atoms with Crippen LogP contribution in [-0.2, 0) is 9.53 Å². The van der Waals surface area contributed by atoms with Crippen LogP contribution >= 0.6 is 0 Å². The van der Waals surface area contributed by atoms with E-state index in [-0.39, 0.29) is 18.1 Å². The number of ether oxygens (including phenoxy) is 1. The van der Waals surface area contributed by atoms with Gasteiger partial charge in [0, 0.05) is 38.4 Å². The molecule has 2 unspecified atom stereocenters. The highest BCUT2D eigenvalue weighted by Gasteiger charge is 2.28. The monoisotopic (exact) mass is 291 g/mol. The molecule has 2 aliphatic heterocycles. The number of rotatable bonds is 4. The predicted molar refractivity (Wildman–Crippen MR) is 78.0 cm³/mol. The van der Waals surface area contributed by atoms with Gasteiger partial charge in [0.1, 0.15) is 6.10 Å². The van der Waals surface area contributed by atoms with Crippen molar-refractivity contribution >= 4 is 11.7 Å². The number of amides is 1. The summed E-state index contributed by atoms with van der Waals surface area (Å²) in [5, 5.41) is 14.2. The molecule has 0 saturated carbocycles. The summed E-state index contributed by atoms with van der Waals surface area (Å²) in [4.78, 5) is 14.3. The molecule has 3 rings (SSSR count). The van der Waals surface area contributed by atoms with Crippen LogP contribution < -0.4 is 15.5 Å². The van der Waals surface area contributed by atoms with Crippen molar-refractivity contribution in [3.63, 3.8) is 0 Å². The zero-order valence-corrected chi connectivity index (χ0v) is 12.0. The van der Waals surface area contributed by atoms with E-state index in [2.05, 4.69) is 25.7 Å². The van der Waals surface area contributed by atoms with Gasteiger partial charge in [0.2, 0.25) is 0 Å². The lowest BCUT2D eigenvalue weighted by atomic mass is 10.2. The van der Waals surface area contributed by atoms with E-state index in [1.54, 1.807) is 6.20 Å². The topological polar surface area (TPSA) is 79.4 Å². The van der Waals surface area contributed by atoms with Gasteiger partial charge in [0.25, 0.3) is 5.91 Å². The number of nitrogens with zero attached hydrogens (tertiary/aromatic N) is 3. The van der Waals surface area contributed by atoms with E-state index in [9.17, 15) is 4.79 Å². The van der Waals surface area contributed by atoms with E-state index in [1.165, 1.54) is 0 Å². The second-order valence-electron chi connectivity index (χ2n) is 5.38. The molecule has 114 valence electrons. The fourth-order valence-electron chi connectivity index (χ4n) is 2.86. The summed E-state index contributed by atoms with van der Waals surface area (Å²) in [5.74, 6) is 0.845. The maximum absolute atomic E-state index is 12.1. The summed E-state index contributed by atoms with van der Waals surface area (Å²) in [6.07, 6.45) is 3.47. The third-order valence-corrected chi connectivity index (χ3v) is 3.96. The smallest absolute Gasteiger partial charge is 0.250 e. The minimum Gasteiger partial charge on any atom is -0.366 e. The first-order valence-electron chi connectivity index (χ1n) is 7.49. The van der Waals surface area contributed by atoms with Crippen LogP contribution in [0.15, 0.2) is 18.3 Å². The Kier molecular flexibility index (Phi) is 4.62. The number of morpholine rings is 1. The number of hydrogen-bond donors (Lipinski definition) is 2. The van der Waals surface area contributed by atoms with Gasteiger partial charge in [-0.05, 0) is 25.0 Å². The first-order chi connectivity index (χ1) is 10.3. The van der Waals surface area contributed by atoms with Gasteiger partial charge in [-0.2, -0.15) is 5.10 Å². The van der Waals surface area contributed by atoms with Gasteiger partial charge < -0.3 is 20.3 Å². The highest BCUT2D eigenvalue weighted by atomic mass is 16.5. The molecule has 1 amide bonds. The van der Waals surface area contributed by atoms with Gasteiger partial charge in [0.05, 0.1) is 6.61 Å². The van der Waals surface area contributed by atoms with Gasteiger partial charge >= 0.3 is 0 Å². The Bertz CT molecular complexity index is 464. The van der Waals surface area contributed by atoms with Crippen LogP contribution in [0.4, 0.5) is 5.82 Å². The van der Waals surface area contributed by atoms with Crippen LogP contribution in [0.25, 0.3) is 0 Å². The molecular weight excluding hydrogens is 270 g/mol. The van der Waals surface area contributed by atoms with Crippen LogP contribution in [0.5, 0.6) is 0 Å². The Balaban J connectivity index is 1.53. The van der Waals surface area contributed by atoms with Crippen LogP contribution in [-0.4, -0.2) is 61.0 Å². The summed E-state index contributed by atoms with van der Waals surface area (Å²) in [6.45, 7) is 3.57. The molecule has 0 bridgehead atoms. The molecule has 21 heavy (non-hydrogen) atoms. The van der Waals surface area contributed by atoms with E-state index in [0.717, 1.165) is 31.7 Å². The second kappa shape index (κ2) is 6.82. The molecule has 0 aromatic carbocycles. The third kappa shape index (κ3) is 3.48. The average Bonchev–Trinajstić information content (AvgIpc) is 3.03. The molecule has 0 aliphatic carbocycles. The van der Waals surface area contributed by atoms with E-state index in [0.29, 0.717) is 19.7 Å². The number of aromatic nitrogens is 2. The molecule has 7 heteroatoms. The Labute approximate surface area is 124 Å². The molecular formula is C14H21N5O2. The number of carbonyl (C=O) groups is 1. The fraction of sp³-hybridized carbons (Fsp3) is 0.643. The quantitative estimate of drug-likeness (QED) is 0.782. The maximum atomic E-state index is 12.1. The Hall–Kier alpha value is -1.73. The van der Waals surface area contributed by atoms with Crippen molar-refractivity contribution in [2.24, 2.45) is 0 Å². The third-order valence-electron chi connectivity index (χ3n) is 3.96. The van der Waals surface area contributed by atoms with Gasteiger partial charge in [0.15, 0.2) is 5.82 Å². The maximum Gasteiger partial charge on any atom is 0.250 e. The second-order valence-corrected chi connectivity index (χ2v) is 5.38. The zero-order chi connectivity index (χ0) is 14.5. The summed E-state index contributed by atoms with van der Waals surface area (Å²) in [5.41, 5.74) is 0. The van der Waals surface area contributed by atoms with Crippen molar-refractivity contribution in [2.75, 3.05) is 37.7 Å². The van der Waals surface area contributed by atoms with Gasteiger partial charge in [-0.3, -0.25) is 4.79 Å². The Morgan fingerprint density at radius 1 is 1.57 bits per heavy atom. The zero-order valence-electron chi connectivity index (χ0n) is 12.0. The molecule has 0 radical (unpaired) electrons. The molecule has 1 aromatic rings. The minimum atomic E-state index is -0.370. The normalized spacial score (nSPS) is 25.8.